The van der Waals surface area contributed by atoms with Gasteiger partial charge in [-0.05, 0) is 28.8 Å². The lowest BCUT2D eigenvalue weighted by Crippen LogP contribution is -2.52. The van der Waals surface area contributed by atoms with Crippen molar-refractivity contribution in [3.05, 3.63) is 144 Å². The van der Waals surface area contributed by atoms with Gasteiger partial charge >= 0.3 is 6.03 Å². The first-order chi connectivity index (χ1) is 17.6. The van der Waals surface area contributed by atoms with Crippen LogP contribution in [0.2, 0.25) is 0 Å². The predicted molar refractivity (Wildman–Crippen MR) is 139 cm³/mol. The quantitative estimate of drug-likeness (QED) is 0.345. The fraction of sp³-hybridized carbons (Fsp3) is 0.100. The lowest BCUT2D eigenvalue weighted by molar-refractivity contribution is -0.121. The Balaban J connectivity index is 1.50. The number of nitrogens with one attached hydrogen (secondary N) is 3. The Hall–Kier alpha value is -4.71. The molecule has 6 heteroatoms. The number of amides is 4. The third-order valence-electron chi connectivity index (χ3n) is 5.72. The third-order valence-corrected chi connectivity index (χ3v) is 5.72. The van der Waals surface area contributed by atoms with Crippen LogP contribution in [0, 0.1) is 0 Å². The van der Waals surface area contributed by atoms with Crippen LogP contribution in [-0.2, 0) is 11.2 Å². The van der Waals surface area contributed by atoms with Crippen LogP contribution in [0.15, 0.2) is 121 Å². The van der Waals surface area contributed by atoms with E-state index in [-0.39, 0.29) is 6.42 Å². The average Bonchev–Trinajstić information content (AvgIpc) is 2.93. The van der Waals surface area contributed by atoms with Crippen LogP contribution in [0.5, 0.6) is 0 Å². The molecule has 4 aromatic carbocycles. The SMILES string of the molecule is O=C(NC(=O)C(Cc1ccccc1)NC(=O)c1ccccc1)NC(c1ccccc1)c1ccccc1. The normalized spacial score (nSPS) is 11.4. The fourth-order valence-corrected chi connectivity index (χ4v) is 3.91. The third kappa shape index (κ3) is 6.67. The van der Waals surface area contributed by atoms with Crippen LogP contribution in [0.3, 0.4) is 0 Å². The molecule has 0 aliphatic carbocycles. The average molecular weight is 478 g/mol. The van der Waals surface area contributed by atoms with Crippen molar-refractivity contribution in [2.45, 2.75) is 18.5 Å². The molecule has 0 aliphatic heterocycles. The molecule has 1 atom stereocenters. The molecule has 0 aromatic heterocycles. The topological polar surface area (TPSA) is 87.3 Å². The van der Waals surface area contributed by atoms with Crippen LogP contribution in [0.1, 0.15) is 33.1 Å². The molecule has 4 amide bonds. The van der Waals surface area contributed by atoms with Crippen molar-refractivity contribution >= 4 is 17.8 Å². The molecule has 1 unspecified atom stereocenters. The van der Waals surface area contributed by atoms with Crippen molar-refractivity contribution in [3.8, 4) is 0 Å². The highest BCUT2D eigenvalue weighted by atomic mass is 16.2. The monoisotopic (exact) mass is 477 g/mol. The predicted octanol–water partition coefficient (Wildman–Crippen LogP) is 4.64. The van der Waals surface area contributed by atoms with Gasteiger partial charge in [-0.1, -0.05) is 109 Å². The highest BCUT2D eigenvalue weighted by Crippen LogP contribution is 2.21. The van der Waals surface area contributed by atoms with Gasteiger partial charge in [-0.2, -0.15) is 0 Å². The summed E-state index contributed by atoms with van der Waals surface area (Å²) in [5.41, 5.74) is 3.05. The van der Waals surface area contributed by atoms with Crippen molar-refractivity contribution in [2.24, 2.45) is 0 Å². The maximum absolute atomic E-state index is 13.2. The summed E-state index contributed by atoms with van der Waals surface area (Å²) in [4.78, 5) is 39.0. The zero-order valence-electron chi connectivity index (χ0n) is 19.6. The Morgan fingerprint density at radius 3 is 1.58 bits per heavy atom. The number of hydrogen-bond acceptors (Lipinski definition) is 3. The van der Waals surface area contributed by atoms with Gasteiger partial charge in [0.05, 0.1) is 6.04 Å². The number of benzene rings is 4. The van der Waals surface area contributed by atoms with Crippen molar-refractivity contribution in [1.29, 1.82) is 0 Å². The van der Waals surface area contributed by atoms with Crippen molar-refractivity contribution < 1.29 is 14.4 Å². The Morgan fingerprint density at radius 1 is 0.583 bits per heavy atom. The number of carbonyl (C=O) groups excluding carboxylic acids is 3. The molecule has 0 heterocycles. The Morgan fingerprint density at radius 2 is 1.06 bits per heavy atom. The fourth-order valence-electron chi connectivity index (χ4n) is 3.91. The molecule has 36 heavy (non-hydrogen) atoms. The highest BCUT2D eigenvalue weighted by Gasteiger charge is 2.25. The number of hydrogen-bond donors (Lipinski definition) is 3. The number of urea groups is 1. The van der Waals surface area contributed by atoms with Gasteiger partial charge in [-0.25, -0.2) is 4.79 Å². The first-order valence-electron chi connectivity index (χ1n) is 11.7. The smallest absolute Gasteiger partial charge is 0.322 e. The molecule has 3 N–H and O–H groups in total. The van der Waals surface area contributed by atoms with E-state index in [1.54, 1.807) is 24.3 Å². The molecule has 180 valence electrons. The van der Waals surface area contributed by atoms with Gasteiger partial charge in [-0.15, -0.1) is 0 Å². The Bertz CT molecular complexity index is 1240. The van der Waals surface area contributed by atoms with Crippen LogP contribution in [0.4, 0.5) is 4.79 Å². The van der Waals surface area contributed by atoms with Gasteiger partial charge in [0.2, 0.25) is 0 Å². The van der Waals surface area contributed by atoms with Crippen LogP contribution < -0.4 is 16.0 Å². The van der Waals surface area contributed by atoms with E-state index in [9.17, 15) is 14.4 Å². The van der Waals surface area contributed by atoms with Gasteiger partial charge < -0.3 is 10.6 Å². The minimum Gasteiger partial charge on any atom is -0.340 e. The van der Waals surface area contributed by atoms with E-state index in [4.69, 9.17) is 0 Å². The second-order valence-electron chi connectivity index (χ2n) is 8.30. The summed E-state index contributed by atoms with van der Waals surface area (Å²) >= 11 is 0. The summed E-state index contributed by atoms with van der Waals surface area (Å²) in [7, 11) is 0. The lowest BCUT2D eigenvalue weighted by Gasteiger charge is -2.22. The lowest BCUT2D eigenvalue weighted by atomic mass is 9.99. The summed E-state index contributed by atoms with van der Waals surface area (Å²) in [6.07, 6.45) is 0.235. The Kier molecular flexibility index (Phi) is 8.22. The van der Waals surface area contributed by atoms with Gasteiger partial charge in [0.1, 0.15) is 6.04 Å². The van der Waals surface area contributed by atoms with Gasteiger partial charge in [0, 0.05) is 12.0 Å². The molecular formula is C30H27N3O3. The molecule has 0 aliphatic rings. The summed E-state index contributed by atoms with van der Waals surface area (Å²) in [6.45, 7) is 0. The van der Waals surface area contributed by atoms with E-state index >= 15 is 0 Å². The van der Waals surface area contributed by atoms with Gasteiger partial charge in [0.15, 0.2) is 0 Å². The maximum Gasteiger partial charge on any atom is 0.322 e. The molecule has 4 rings (SSSR count). The zero-order chi connectivity index (χ0) is 25.2. The second kappa shape index (κ2) is 12.1. The van der Waals surface area contributed by atoms with E-state index in [1.807, 2.05) is 97.1 Å². The molecule has 6 nitrogen and oxygen atoms in total. The van der Waals surface area contributed by atoms with Crippen molar-refractivity contribution in [3.63, 3.8) is 0 Å². The first kappa shape index (κ1) is 24.4. The molecule has 0 saturated heterocycles. The first-order valence-corrected chi connectivity index (χ1v) is 11.7. The summed E-state index contributed by atoms with van der Waals surface area (Å²) in [5.74, 6) is -0.987. The maximum atomic E-state index is 13.2. The number of imide groups is 1. The zero-order valence-corrected chi connectivity index (χ0v) is 19.6. The molecule has 4 aromatic rings. The second-order valence-corrected chi connectivity index (χ2v) is 8.30. The molecule has 0 radical (unpaired) electrons. The van der Waals surface area contributed by atoms with Gasteiger partial charge in [0.25, 0.3) is 11.8 Å². The molecule has 0 spiro atoms. The molecule has 0 saturated carbocycles. The minimum absolute atomic E-state index is 0.235. The van der Waals surface area contributed by atoms with E-state index < -0.39 is 29.9 Å². The van der Waals surface area contributed by atoms with Crippen molar-refractivity contribution in [1.82, 2.24) is 16.0 Å². The number of rotatable bonds is 8. The molecule has 0 fully saturated rings. The van der Waals surface area contributed by atoms with Gasteiger partial charge in [-0.3, -0.25) is 14.9 Å². The highest BCUT2D eigenvalue weighted by molar-refractivity contribution is 6.01. The van der Waals surface area contributed by atoms with Crippen molar-refractivity contribution in [2.75, 3.05) is 0 Å². The molecule has 0 bridgehead atoms. The standard InChI is InChI=1S/C30H27N3O3/c34-28(25-19-11-4-12-20-25)31-26(21-22-13-5-1-6-14-22)29(35)33-30(36)32-27(23-15-7-2-8-16-23)24-17-9-3-10-18-24/h1-20,26-27H,21H2,(H,31,34)(H2,32,33,35,36). The largest absolute Gasteiger partial charge is 0.340 e. The summed E-state index contributed by atoms with van der Waals surface area (Å²) in [6, 6.07) is 35.0. The van der Waals surface area contributed by atoms with Crippen LogP contribution in [-0.4, -0.2) is 23.9 Å². The Labute approximate surface area is 210 Å². The van der Waals surface area contributed by atoms with E-state index in [1.165, 1.54) is 0 Å². The summed E-state index contributed by atoms with van der Waals surface area (Å²) in [5, 5.41) is 8.10. The van der Waals surface area contributed by atoms with E-state index in [0.29, 0.717) is 5.56 Å². The number of carbonyl (C=O) groups is 3. The van der Waals surface area contributed by atoms with E-state index in [2.05, 4.69) is 16.0 Å². The van der Waals surface area contributed by atoms with E-state index in [0.717, 1.165) is 16.7 Å². The molecular weight excluding hydrogens is 450 g/mol. The minimum atomic E-state index is -0.947. The summed E-state index contributed by atoms with van der Waals surface area (Å²) < 4.78 is 0. The van der Waals surface area contributed by atoms with Crippen LogP contribution >= 0.6 is 0 Å². The van der Waals surface area contributed by atoms with Crippen LogP contribution in [0.25, 0.3) is 0 Å².